The predicted molar refractivity (Wildman–Crippen MR) is 115 cm³/mol. The van der Waals surface area contributed by atoms with Crippen LogP contribution in [0.25, 0.3) is 10.1 Å². The summed E-state index contributed by atoms with van der Waals surface area (Å²) >= 11 is 1.64. The van der Waals surface area contributed by atoms with E-state index in [2.05, 4.69) is 23.3 Å². The van der Waals surface area contributed by atoms with Crippen molar-refractivity contribution in [3.05, 3.63) is 82.4 Å². The number of fused-ring (bicyclic) bond motifs is 1. The van der Waals surface area contributed by atoms with Gasteiger partial charge in [0.1, 0.15) is 17.3 Å². The standard InChI is InChI=1S/C23H20N2O2S/c1-14-4-7-18(8-5-14)27-20-11-17(12-21-19(20)10-16(3)28-21)23(26)25-22-9-6-15(2)13-24-22/h4-13H,1-3H3,(H,24,25,26). The number of benzene rings is 2. The lowest BCUT2D eigenvalue weighted by molar-refractivity contribution is 0.102. The summed E-state index contributed by atoms with van der Waals surface area (Å²) in [4.78, 5) is 18.2. The number of pyridine rings is 1. The molecule has 5 heteroatoms. The van der Waals surface area contributed by atoms with Crippen molar-refractivity contribution in [2.75, 3.05) is 5.32 Å². The van der Waals surface area contributed by atoms with Gasteiger partial charge in [-0.15, -0.1) is 11.3 Å². The molecule has 0 unspecified atom stereocenters. The molecule has 0 saturated carbocycles. The van der Waals surface area contributed by atoms with Gasteiger partial charge < -0.3 is 10.1 Å². The molecule has 2 heterocycles. The molecule has 0 fully saturated rings. The minimum absolute atomic E-state index is 0.210. The second kappa shape index (κ2) is 7.44. The Bertz CT molecular complexity index is 1150. The topological polar surface area (TPSA) is 51.2 Å². The van der Waals surface area contributed by atoms with Gasteiger partial charge in [-0.2, -0.15) is 0 Å². The quantitative estimate of drug-likeness (QED) is 0.448. The van der Waals surface area contributed by atoms with Gasteiger partial charge in [-0.1, -0.05) is 23.8 Å². The largest absolute Gasteiger partial charge is 0.457 e. The maximum absolute atomic E-state index is 12.8. The first-order valence-corrected chi connectivity index (χ1v) is 9.82. The Labute approximate surface area is 167 Å². The highest BCUT2D eigenvalue weighted by Gasteiger charge is 2.14. The summed E-state index contributed by atoms with van der Waals surface area (Å²) in [5.74, 6) is 1.73. The molecule has 1 amide bonds. The third-order valence-corrected chi connectivity index (χ3v) is 5.38. The summed E-state index contributed by atoms with van der Waals surface area (Å²) in [6, 6.07) is 17.4. The number of aryl methyl sites for hydroxylation is 3. The van der Waals surface area contributed by atoms with Gasteiger partial charge >= 0.3 is 0 Å². The Morgan fingerprint density at radius 1 is 0.964 bits per heavy atom. The minimum atomic E-state index is -0.210. The van der Waals surface area contributed by atoms with Crippen LogP contribution in [0.15, 0.2) is 60.8 Å². The lowest BCUT2D eigenvalue weighted by Crippen LogP contribution is -2.13. The number of aromatic nitrogens is 1. The van der Waals surface area contributed by atoms with E-state index in [0.717, 1.165) is 21.4 Å². The summed E-state index contributed by atoms with van der Waals surface area (Å²) in [5.41, 5.74) is 2.75. The van der Waals surface area contributed by atoms with E-state index in [-0.39, 0.29) is 5.91 Å². The predicted octanol–water partition coefficient (Wildman–Crippen LogP) is 6.27. The smallest absolute Gasteiger partial charge is 0.257 e. The molecule has 1 N–H and O–H groups in total. The van der Waals surface area contributed by atoms with Crippen LogP contribution < -0.4 is 10.1 Å². The first kappa shape index (κ1) is 18.2. The zero-order valence-electron chi connectivity index (χ0n) is 15.9. The number of thiophene rings is 1. The Kier molecular flexibility index (Phi) is 4.84. The molecule has 28 heavy (non-hydrogen) atoms. The maximum atomic E-state index is 12.8. The van der Waals surface area contributed by atoms with Crippen LogP contribution in [-0.4, -0.2) is 10.9 Å². The van der Waals surface area contributed by atoms with E-state index >= 15 is 0 Å². The van der Waals surface area contributed by atoms with Crippen LogP contribution in [0.4, 0.5) is 5.82 Å². The fourth-order valence-electron chi connectivity index (χ4n) is 2.91. The lowest BCUT2D eigenvalue weighted by Gasteiger charge is -2.10. The molecule has 0 atom stereocenters. The van der Waals surface area contributed by atoms with Gasteiger partial charge in [0.05, 0.1) is 0 Å². The van der Waals surface area contributed by atoms with Gasteiger partial charge in [0, 0.05) is 26.7 Å². The molecule has 0 aliphatic rings. The van der Waals surface area contributed by atoms with Crippen molar-refractivity contribution in [2.24, 2.45) is 0 Å². The maximum Gasteiger partial charge on any atom is 0.257 e. The number of anilines is 1. The number of carbonyl (C=O) groups excluding carboxylic acids is 1. The van der Waals surface area contributed by atoms with Crippen LogP contribution in [0.3, 0.4) is 0 Å². The molecule has 0 bridgehead atoms. The highest BCUT2D eigenvalue weighted by molar-refractivity contribution is 7.19. The molecular weight excluding hydrogens is 368 g/mol. The molecule has 2 aromatic carbocycles. The summed E-state index contributed by atoms with van der Waals surface area (Å²) in [6.07, 6.45) is 1.73. The van der Waals surface area contributed by atoms with Crippen LogP contribution in [0.2, 0.25) is 0 Å². The average molecular weight is 388 g/mol. The molecule has 4 aromatic rings. The van der Waals surface area contributed by atoms with Gasteiger partial charge in [0.15, 0.2) is 0 Å². The van der Waals surface area contributed by atoms with Gasteiger partial charge in [-0.3, -0.25) is 4.79 Å². The molecule has 4 nitrogen and oxygen atoms in total. The van der Waals surface area contributed by atoms with Crippen LogP contribution in [0.1, 0.15) is 26.4 Å². The van der Waals surface area contributed by atoms with E-state index in [1.165, 1.54) is 10.4 Å². The normalized spacial score (nSPS) is 10.8. The van der Waals surface area contributed by atoms with E-state index in [1.54, 1.807) is 29.7 Å². The molecular formula is C23H20N2O2S. The van der Waals surface area contributed by atoms with Gasteiger partial charge in [-0.05, 0) is 62.7 Å². The van der Waals surface area contributed by atoms with Crippen molar-refractivity contribution in [3.63, 3.8) is 0 Å². The highest BCUT2D eigenvalue weighted by Crippen LogP contribution is 2.36. The van der Waals surface area contributed by atoms with E-state index in [1.807, 2.05) is 50.2 Å². The van der Waals surface area contributed by atoms with Crippen molar-refractivity contribution in [1.29, 1.82) is 0 Å². The monoisotopic (exact) mass is 388 g/mol. The number of rotatable bonds is 4. The van der Waals surface area contributed by atoms with E-state index in [0.29, 0.717) is 17.1 Å². The lowest BCUT2D eigenvalue weighted by atomic mass is 10.1. The van der Waals surface area contributed by atoms with Crippen LogP contribution in [-0.2, 0) is 0 Å². The first-order chi connectivity index (χ1) is 13.5. The van der Waals surface area contributed by atoms with Crippen molar-refractivity contribution in [1.82, 2.24) is 4.98 Å². The molecule has 0 aliphatic carbocycles. The second-order valence-corrected chi connectivity index (χ2v) is 8.12. The number of carbonyl (C=O) groups is 1. The van der Waals surface area contributed by atoms with Gasteiger partial charge in [-0.25, -0.2) is 4.98 Å². The summed E-state index contributed by atoms with van der Waals surface area (Å²) < 4.78 is 7.15. The Hall–Kier alpha value is -3.18. The van der Waals surface area contributed by atoms with E-state index < -0.39 is 0 Å². The van der Waals surface area contributed by atoms with Crippen LogP contribution >= 0.6 is 11.3 Å². The zero-order valence-corrected chi connectivity index (χ0v) is 16.8. The minimum Gasteiger partial charge on any atom is -0.457 e. The fourth-order valence-corrected chi connectivity index (χ4v) is 3.89. The van der Waals surface area contributed by atoms with Crippen LogP contribution in [0.5, 0.6) is 11.5 Å². The second-order valence-electron chi connectivity index (χ2n) is 6.83. The third-order valence-electron chi connectivity index (χ3n) is 4.39. The summed E-state index contributed by atoms with van der Waals surface area (Å²) in [7, 11) is 0. The number of nitrogens with zero attached hydrogens (tertiary/aromatic N) is 1. The molecule has 140 valence electrons. The first-order valence-electron chi connectivity index (χ1n) is 9.01. The zero-order chi connectivity index (χ0) is 19.7. The van der Waals surface area contributed by atoms with E-state index in [9.17, 15) is 4.79 Å². The number of hydrogen-bond acceptors (Lipinski definition) is 4. The highest BCUT2D eigenvalue weighted by atomic mass is 32.1. The number of hydrogen-bond donors (Lipinski definition) is 1. The SMILES string of the molecule is Cc1ccc(Oc2cc(C(=O)Nc3ccc(C)cn3)cc3sc(C)cc23)cc1. The molecule has 0 aliphatic heterocycles. The number of amides is 1. The summed E-state index contributed by atoms with van der Waals surface area (Å²) in [5, 5.41) is 3.86. The van der Waals surface area contributed by atoms with Crippen molar-refractivity contribution < 1.29 is 9.53 Å². The van der Waals surface area contributed by atoms with Gasteiger partial charge in [0.25, 0.3) is 5.91 Å². The molecule has 4 rings (SSSR count). The molecule has 0 radical (unpaired) electrons. The Morgan fingerprint density at radius 3 is 2.43 bits per heavy atom. The van der Waals surface area contributed by atoms with Gasteiger partial charge in [0.2, 0.25) is 0 Å². The van der Waals surface area contributed by atoms with Crippen molar-refractivity contribution in [3.8, 4) is 11.5 Å². The number of nitrogens with one attached hydrogen (secondary N) is 1. The van der Waals surface area contributed by atoms with Crippen molar-refractivity contribution in [2.45, 2.75) is 20.8 Å². The summed E-state index contributed by atoms with van der Waals surface area (Å²) in [6.45, 7) is 6.05. The Morgan fingerprint density at radius 2 is 1.71 bits per heavy atom. The number of ether oxygens (including phenoxy) is 1. The molecule has 0 spiro atoms. The van der Waals surface area contributed by atoms with E-state index in [4.69, 9.17) is 4.74 Å². The third kappa shape index (κ3) is 3.89. The molecule has 2 aromatic heterocycles. The van der Waals surface area contributed by atoms with Crippen LogP contribution in [0, 0.1) is 20.8 Å². The average Bonchev–Trinajstić information content (AvgIpc) is 3.06. The van der Waals surface area contributed by atoms with Crippen molar-refractivity contribution >= 4 is 33.1 Å². The fraction of sp³-hybridized carbons (Fsp3) is 0.130. The molecule has 0 saturated heterocycles. The Balaban J connectivity index is 1.69.